The molecule has 70 valence electrons. The van der Waals surface area contributed by atoms with E-state index in [-0.39, 0.29) is 0 Å². The number of aryl methyl sites for hydroxylation is 1. The fourth-order valence-corrected chi connectivity index (χ4v) is 1.81. The van der Waals surface area contributed by atoms with Crippen LogP contribution in [0.4, 0.5) is 4.39 Å². The van der Waals surface area contributed by atoms with E-state index in [0.717, 1.165) is 14.9 Å². The van der Waals surface area contributed by atoms with Crippen LogP contribution >= 0.6 is 11.3 Å². The third-order valence-corrected chi connectivity index (χ3v) is 2.64. The highest BCUT2D eigenvalue weighted by atomic mass is 32.1. The first-order valence-corrected chi connectivity index (χ1v) is 4.87. The van der Waals surface area contributed by atoms with Gasteiger partial charge in [-0.25, -0.2) is 9.37 Å². The first-order chi connectivity index (χ1) is 6.17. The van der Waals surface area contributed by atoms with Gasteiger partial charge in [0.1, 0.15) is 0 Å². The lowest BCUT2D eigenvalue weighted by Crippen LogP contribution is -2.20. The molecule has 0 saturated heterocycles. The Kier molecular flexibility index (Phi) is 3.37. The summed E-state index contributed by atoms with van der Waals surface area (Å²) in [5.74, 6) is 0. The summed E-state index contributed by atoms with van der Waals surface area (Å²) in [6.45, 7) is 5.62. The molecule has 0 aliphatic heterocycles. The molecule has 0 saturated carbocycles. The van der Waals surface area contributed by atoms with Crippen molar-refractivity contribution >= 4 is 23.5 Å². The molecule has 1 nitrogen and oxygen atoms in total. The molecule has 0 aromatic carbocycles. The fraction of sp³-hybridized carbons (Fsp3) is 0.300. The molecule has 13 heavy (non-hydrogen) atoms. The maximum Gasteiger partial charge on any atom is 0.0907 e. The van der Waals surface area contributed by atoms with Gasteiger partial charge < -0.3 is 0 Å². The van der Waals surface area contributed by atoms with Crippen molar-refractivity contribution in [3.8, 4) is 0 Å². The van der Waals surface area contributed by atoms with Gasteiger partial charge in [0.25, 0.3) is 0 Å². The predicted molar refractivity (Wildman–Crippen MR) is 55.6 cm³/mol. The van der Waals surface area contributed by atoms with Crippen molar-refractivity contribution < 1.29 is 4.39 Å². The van der Waals surface area contributed by atoms with Gasteiger partial charge in [0.2, 0.25) is 0 Å². The topological polar surface area (TPSA) is 12.9 Å². The molecule has 1 rings (SSSR count). The Hall–Kier alpha value is -0.960. The van der Waals surface area contributed by atoms with E-state index in [4.69, 9.17) is 0 Å². The molecule has 0 aliphatic carbocycles. The molecule has 0 radical (unpaired) electrons. The Labute approximate surface area is 80.9 Å². The van der Waals surface area contributed by atoms with Crippen LogP contribution in [0, 0.1) is 6.92 Å². The molecule has 0 spiro atoms. The average Bonchev–Trinajstić information content (AvgIpc) is 2.46. The highest BCUT2D eigenvalue weighted by molar-refractivity contribution is 7.09. The summed E-state index contributed by atoms with van der Waals surface area (Å²) in [6.07, 6.45) is 4.33. The van der Waals surface area contributed by atoms with Crippen LogP contribution in [0.15, 0.2) is 11.9 Å². The third kappa shape index (κ3) is 2.49. The molecule has 0 atom stereocenters. The van der Waals surface area contributed by atoms with Crippen LogP contribution in [0.25, 0.3) is 12.2 Å². The minimum Gasteiger partial charge on any atom is -0.242 e. The molecule has 0 amide bonds. The van der Waals surface area contributed by atoms with Gasteiger partial charge >= 0.3 is 0 Å². The van der Waals surface area contributed by atoms with Crippen LogP contribution in [-0.4, -0.2) is 4.98 Å². The van der Waals surface area contributed by atoms with Crippen LogP contribution in [0.3, 0.4) is 0 Å². The number of hydrogen-bond acceptors (Lipinski definition) is 2. The number of allylic oxidation sites excluding steroid dienone is 1. The maximum atomic E-state index is 12.1. The lowest BCUT2D eigenvalue weighted by atomic mass is 10.3. The quantitative estimate of drug-likeness (QED) is 0.670. The van der Waals surface area contributed by atoms with E-state index >= 15 is 0 Å². The van der Waals surface area contributed by atoms with E-state index in [1.807, 2.05) is 19.9 Å². The molecule has 0 unspecified atom stereocenters. The van der Waals surface area contributed by atoms with Crippen molar-refractivity contribution in [2.24, 2.45) is 0 Å². The number of halogens is 1. The average molecular weight is 197 g/mol. The SMILES string of the molecule is C/C=c1/sc(C)n/c1=C/C(C)=C/F. The normalized spacial score (nSPS) is 15.5. The second kappa shape index (κ2) is 4.33. The number of thiazole rings is 1. The number of rotatable bonds is 1. The van der Waals surface area contributed by atoms with Gasteiger partial charge in [0.05, 0.1) is 21.2 Å². The highest BCUT2D eigenvalue weighted by Gasteiger charge is 1.93. The van der Waals surface area contributed by atoms with E-state index < -0.39 is 0 Å². The van der Waals surface area contributed by atoms with Crippen LogP contribution in [0.2, 0.25) is 0 Å². The van der Waals surface area contributed by atoms with Gasteiger partial charge in [-0.15, -0.1) is 11.3 Å². The van der Waals surface area contributed by atoms with E-state index in [1.54, 1.807) is 24.3 Å². The molecule has 1 aromatic rings. The molecular formula is C10H12FNS. The second-order valence-electron chi connectivity index (χ2n) is 2.77. The Bertz CT molecular complexity index is 428. The van der Waals surface area contributed by atoms with Crippen molar-refractivity contribution in [2.75, 3.05) is 0 Å². The summed E-state index contributed by atoms with van der Waals surface area (Å²) in [4.78, 5) is 4.29. The van der Waals surface area contributed by atoms with Crippen molar-refractivity contribution in [3.63, 3.8) is 0 Å². The van der Waals surface area contributed by atoms with E-state index in [1.165, 1.54) is 0 Å². The van der Waals surface area contributed by atoms with Crippen LogP contribution in [-0.2, 0) is 0 Å². The zero-order valence-corrected chi connectivity index (χ0v) is 8.78. The maximum absolute atomic E-state index is 12.1. The summed E-state index contributed by atoms with van der Waals surface area (Å²) >= 11 is 1.62. The Balaban J connectivity index is 3.37. The lowest BCUT2D eigenvalue weighted by Gasteiger charge is -1.82. The first kappa shape index (κ1) is 10.1. The Morgan fingerprint density at radius 2 is 2.23 bits per heavy atom. The summed E-state index contributed by atoms with van der Waals surface area (Å²) < 4.78 is 13.2. The van der Waals surface area contributed by atoms with Gasteiger partial charge in [-0.1, -0.05) is 6.08 Å². The molecule has 0 fully saturated rings. The van der Waals surface area contributed by atoms with E-state index in [2.05, 4.69) is 4.98 Å². The predicted octanol–water partition coefficient (Wildman–Crippen LogP) is 1.91. The minimum absolute atomic E-state index is 0.591. The van der Waals surface area contributed by atoms with Gasteiger partial charge in [-0.05, 0) is 32.4 Å². The van der Waals surface area contributed by atoms with Crippen LogP contribution in [0.1, 0.15) is 18.9 Å². The van der Waals surface area contributed by atoms with Crippen molar-refractivity contribution in [1.29, 1.82) is 0 Å². The van der Waals surface area contributed by atoms with Crippen molar-refractivity contribution in [2.45, 2.75) is 20.8 Å². The van der Waals surface area contributed by atoms with E-state index in [9.17, 15) is 4.39 Å². The summed E-state index contributed by atoms with van der Waals surface area (Å²) in [7, 11) is 0. The Morgan fingerprint density at radius 3 is 2.77 bits per heavy atom. The van der Waals surface area contributed by atoms with Crippen LogP contribution in [0.5, 0.6) is 0 Å². The molecule has 1 aromatic heterocycles. The zero-order valence-electron chi connectivity index (χ0n) is 7.97. The lowest BCUT2D eigenvalue weighted by molar-refractivity contribution is 0.714. The summed E-state index contributed by atoms with van der Waals surface area (Å²) in [5.41, 5.74) is 0.591. The minimum atomic E-state index is 0.591. The fourth-order valence-electron chi connectivity index (χ4n) is 1.02. The van der Waals surface area contributed by atoms with E-state index in [0.29, 0.717) is 11.9 Å². The first-order valence-electron chi connectivity index (χ1n) is 4.06. The molecule has 0 bridgehead atoms. The molecule has 1 heterocycles. The van der Waals surface area contributed by atoms with Crippen molar-refractivity contribution in [1.82, 2.24) is 4.98 Å². The molecule has 0 N–H and O–H groups in total. The van der Waals surface area contributed by atoms with Gasteiger partial charge in [-0.3, -0.25) is 0 Å². The van der Waals surface area contributed by atoms with Crippen LogP contribution < -0.4 is 9.88 Å². The number of nitrogens with zero attached hydrogens (tertiary/aromatic N) is 1. The third-order valence-electron chi connectivity index (χ3n) is 1.59. The largest absolute Gasteiger partial charge is 0.242 e. The summed E-state index contributed by atoms with van der Waals surface area (Å²) in [5, 5.41) is 1.86. The van der Waals surface area contributed by atoms with Gasteiger partial charge in [0, 0.05) is 0 Å². The number of aromatic nitrogens is 1. The zero-order chi connectivity index (χ0) is 9.84. The Morgan fingerprint density at radius 1 is 1.54 bits per heavy atom. The standard InChI is InChI=1S/C10H12FNS/c1-4-10-9(5-7(2)6-11)12-8(3)13-10/h4-6H,1-3H3/b7-6+,9-5+,10-4+. The smallest absolute Gasteiger partial charge is 0.0907 e. The van der Waals surface area contributed by atoms with Gasteiger partial charge in [-0.2, -0.15) is 0 Å². The summed E-state index contributed by atoms with van der Waals surface area (Å²) in [6, 6.07) is 0. The molecule has 0 aliphatic rings. The molecular weight excluding hydrogens is 185 g/mol. The second-order valence-corrected chi connectivity index (χ2v) is 4.00. The van der Waals surface area contributed by atoms with Gasteiger partial charge in [0.15, 0.2) is 0 Å². The monoisotopic (exact) mass is 197 g/mol. The number of hydrogen-bond donors (Lipinski definition) is 0. The highest BCUT2D eigenvalue weighted by Crippen LogP contribution is 1.95. The van der Waals surface area contributed by atoms with Crippen molar-refractivity contribution in [3.05, 3.63) is 26.8 Å². The molecule has 3 heteroatoms.